The van der Waals surface area contributed by atoms with Crippen LogP contribution in [0.15, 0.2) is 18.5 Å². The average Bonchev–Trinajstić information content (AvgIpc) is 2.34. The van der Waals surface area contributed by atoms with Crippen LogP contribution in [0.25, 0.3) is 10.9 Å². The molecule has 56 valence electrons. The minimum absolute atomic E-state index is 0.981. The standard InChI is InChI=1S/C8H9N3/c1-6-8-7(5-9-10-6)3-4-11(8)2/h3-5H,1-2H3. The summed E-state index contributed by atoms with van der Waals surface area (Å²) >= 11 is 0. The lowest BCUT2D eigenvalue weighted by atomic mass is 10.3. The molecule has 0 fully saturated rings. The molecule has 2 rings (SSSR count). The van der Waals surface area contributed by atoms with E-state index in [9.17, 15) is 0 Å². The Kier molecular flexibility index (Phi) is 1.18. The maximum absolute atomic E-state index is 3.97. The number of hydrogen-bond donors (Lipinski definition) is 0. The summed E-state index contributed by atoms with van der Waals surface area (Å²) in [5, 5.41) is 8.98. The summed E-state index contributed by atoms with van der Waals surface area (Å²) < 4.78 is 2.05. The van der Waals surface area contributed by atoms with Gasteiger partial charge in [0.25, 0.3) is 0 Å². The van der Waals surface area contributed by atoms with Crippen LogP contribution in [-0.4, -0.2) is 14.8 Å². The lowest BCUT2D eigenvalue weighted by molar-refractivity contribution is 0.931. The molecule has 3 nitrogen and oxygen atoms in total. The molecule has 0 atom stereocenters. The molecule has 0 saturated heterocycles. The van der Waals surface area contributed by atoms with Gasteiger partial charge < -0.3 is 4.57 Å². The summed E-state index contributed by atoms with van der Waals surface area (Å²) in [4.78, 5) is 0. The van der Waals surface area contributed by atoms with Crippen molar-refractivity contribution in [2.75, 3.05) is 0 Å². The Morgan fingerprint density at radius 2 is 2.27 bits per heavy atom. The third kappa shape index (κ3) is 0.808. The van der Waals surface area contributed by atoms with Gasteiger partial charge >= 0.3 is 0 Å². The van der Waals surface area contributed by atoms with Crippen LogP contribution in [0.4, 0.5) is 0 Å². The van der Waals surface area contributed by atoms with Crippen LogP contribution in [0, 0.1) is 6.92 Å². The molecule has 2 aromatic rings. The normalized spacial score (nSPS) is 10.7. The number of aryl methyl sites for hydroxylation is 2. The van der Waals surface area contributed by atoms with E-state index in [1.165, 1.54) is 5.52 Å². The van der Waals surface area contributed by atoms with Gasteiger partial charge in [0, 0.05) is 18.6 Å². The SMILES string of the molecule is Cc1nncc2ccn(C)c12. The van der Waals surface area contributed by atoms with Gasteiger partial charge in [-0.1, -0.05) is 0 Å². The number of rotatable bonds is 0. The Labute approximate surface area is 64.7 Å². The Bertz CT molecular complexity index is 389. The van der Waals surface area contributed by atoms with Gasteiger partial charge in [-0.25, -0.2) is 0 Å². The van der Waals surface area contributed by atoms with Crippen molar-refractivity contribution in [3.05, 3.63) is 24.2 Å². The second kappa shape index (κ2) is 2.05. The Morgan fingerprint density at radius 3 is 3.00 bits per heavy atom. The van der Waals surface area contributed by atoms with Gasteiger partial charge in [-0.05, 0) is 13.0 Å². The van der Waals surface area contributed by atoms with Crippen molar-refractivity contribution in [1.82, 2.24) is 14.8 Å². The Morgan fingerprint density at radius 1 is 1.45 bits per heavy atom. The highest BCUT2D eigenvalue weighted by Crippen LogP contribution is 2.14. The minimum atomic E-state index is 0.981. The van der Waals surface area contributed by atoms with Gasteiger partial charge in [0.05, 0.1) is 17.4 Å². The zero-order chi connectivity index (χ0) is 7.84. The van der Waals surface area contributed by atoms with E-state index in [2.05, 4.69) is 14.8 Å². The molecule has 2 heterocycles. The van der Waals surface area contributed by atoms with Crippen LogP contribution in [0.1, 0.15) is 5.69 Å². The van der Waals surface area contributed by atoms with E-state index >= 15 is 0 Å². The van der Waals surface area contributed by atoms with E-state index in [1.807, 2.05) is 26.2 Å². The lowest BCUT2D eigenvalue weighted by Crippen LogP contribution is -1.91. The van der Waals surface area contributed by atoms with E-state index in [1.54, 1.807) is 6.20 Å². The molecule has 0 saturated carbocycles. The summed E-state index contributed by atoms with van der Waals surface area (Å²) in [5.41, 5.74) is 2.15. The molecule has 0 radical (unpaired) electrons. The van der Waals surface area contributed by atoms with Crippen molar-refractivity contribution in [3.8, 4) is 0 Å². The molecular weight excluding hydrogens is 138 g/mol. The molecule has 0 amide bonds. The van der Waals surface area contributed by atoms with Crippen molar-refractivity contribution in [1.29, 1.82) is 0 Å². The Hall–Kier alpha value is -1.38. The van der Waals surface area contributed by atoms with Gasteiger partial charge in [-0.15, -0.1) is 0 Å². The van der Waals surface area contributed by atoms with Crippen molar-refractivity contribution in [3.63, 3.8) is 0 Å². The molecule has 0 unspecified atom stereocenters. The quantitative estimate of drug-likeness (QED) is 0.562. The summed E-state index contributed by atoms with van der Waals surface area (Å²) in [7, 11) is 2.01. The topological polar surface area (TPSA) is 30.7 Å². The lowest BCUT2D eigenvalue weighted by Gasteiger charge is -1.96. The first-order chi connectivity index (χ1) is 5.29. The first kappa shape index (κ1) is 6.34. The van der Waals surface area contributed by atoms with Crippen LogP contribution < -0.4 is 0 Å². The predicted molar refractivity (Wildman–Crippen MR) is 43.2 cm³/mol. The molecule has 3 heteroatoms. The van der Waals surface area contributed by atoms with Gasteiger partial charge in [0.15, 0.2) is 0 Å². The third-order valence-corrected chi connectivity index (χ3v) is 1.85. The fourth-order valence-electron chi connectivity index (χ4n) is 1.34. The van der Waals surface area contributed by atoms with E-state index < -0.39 is 0 Å². The number of aromatic nitrogens is 3. The maximum Gasteiger partial charge on any atom is 0.0842 e. The molecule has 0 spiro atoms. The molecular formula is C8H9N3. The van der Waals surface area contributed by atoms with Crippen molar-refractivity contribution in [2.24, 2.45) is 7.05 Å². The highest BCUT2D eigenvalue weighted by atomic mass is 15.1. The summed E-state index contributed by atoms with van der Waals surface area (Å²) in [6.45, 7) is 1.97. The number of nitrogens with zero attached hydrogens (tertiary/aromatic N) is 3. The second-order valence-electron chi connectivity index (χ2n) is 2.66. The first-order valence-corrected chi connectivity index (χ1v) is 3.52. The largest absolute Gasteiger partial charge is 0.349 e. The zero-order valence-electron chi connectivity index (χ0n) is 6.57. The summed E-state index contributed by atoms with van der Waals surface area (Å²) in [6, 6.07) is 2.04. The maximum atomic E-state index is 3.97. The van der Waals surface area contributed by atoms with E-state index in [-0.39, 0.29) is 0 Å². The first-order valence-electron chi connectivity index (χ1n) is 3.52. The molecule has 0 bridgehead atoms. The Balaban J connectivity index is 2.96. The molecule has 0 N–H and O–H groups in total. The van der Waals surface area contributed by atoms with Crippen LogP contribution in [0.2, 0.25) is 0 Å². The second-order valence-corrected chi connectivity index (χ2v) is 2.66. The van der Waals surface area contributed by atoms with Crippen molar-refractivity contribution < 1.29 is 0 Å². The molecule has 0 aromatic carbocycles. The fraction of sp³-hybridized carbons (Fsp3) is 0.250. The van der Waals surface area contributed by atoms with Crippen LogP contribution in [0.5, 0.6) is 0 Å². The van der Waals surface area contributed by atoms with Gasteiger partial charge in [0.2, 0.25) is 0 Å². The van der Waals surface area contributed by atoms with Crippen molar-refractivity contribution in [2.45, 2.75) is 6.92 Å². The highest BCUT2D eigenvalue weighted by molar-refractivity contribution is 5.80. The van der Waals surface area contributed by atoms with Gasteiger partial charge in [-0.2, -0.15) is 10.2 Å². The van der Waals surface area contributed by atoms with Crippen LogP contribution >= 0.6 is 0 Å². The highest BCUT2D eigenvalue weighted by Gasteiger charge is 2.00. The average molecular weight is 147 g/mol. The predicted octanol–water partition coefficient (Wildman–Crippen LogP) is 1.28. The molecule has 0 aliphatic heterocycles. The summed E-state index contributed by atoms with van der Waals surface area (Å²) in [6.07, 6.45) is 3.80. The molecule has 0 aliphatic rings. The molecule has 2 aromatic heterocycles. The third-order valence-electron chi connectivity index (χ3n) is 1.85. The van der Waals surface area contributed by atoms with E-state index in [4.69, 9.17) is 0 Å². The molecule has 0 aliphatic carbocycles. The zero-order valence-corrected chi connectivity index (χ0v) is 6.57. The minimum Gasteiger partial charge on any atom is -0.349 e. The monoisotopic (exact) mass is 147 g/mol. The van der Waals surface area contributed by atoms with Crippen LogP contribution in [0.3, 0.4) is 0 Å². The van der Waals surface area contributed by atoms with Gasteiger partial charge in [0.1, 0.15) is 0 Å². The van der Waals surface area contributed by atoms with E-state index in [0.29, 0.717) is 0 Å². The van der Waals surface area contributed by atoms with Gasteiger partial charge in [-0.3, -0.25) is 0 Å². The fourth-order valence-corrected chi connectivity index (χ4v) is 1.34. The summed E-state index contributed by atoms with van der Waals surface area (Å²) in [5.74, 6) is 0. The van der Waals surface area contributed by atoms with Crippen molar-refractivity contribution >= 4 is 10.9 Å². The molecule has 11 heavy (non-hydrogen) atoms. The number of hydrogen-bond acceptors (Lipinski definition) is 2. The van der Waals surface area contributed by atoms with E-state index in [0.717, 1.165) is 11.1 Å². The number of fused-ring (bicyclic) bond motifs is 1. The smallest absolute Gasteiger partial charge is 0.0842 e. The van der Waals surface area contributed by atoms with Crippen LogP contribution in [-0.2, 0) is 7.05 Å².